The van der Waals surface area contributed by atoms with Gasteiger partial charge in [0.2, 0.25) is 5.91 Å². The van der Waals surface area contributed by atoms with Crippen molar-refractivity contribution in [2.45, 2.75) is 25.6 Å². The SMILES string of the molecule is COc1ccc(NC(=O)C(C)N2CCCN(c3ccc(C(F)(F)F)cn3)CC2)cc1. The minimum atomic E-state index is -4.40. The van der Waals surface area contributed by atoms with E-state index in [0.29, 0.717) is 43.4 Å². The lowest BCUT2D eigenvalue weighted by atomic mass is 10.2. The Morgan fingerprint density at radius 2 is 1.83 bits per heavy atom. The number of hydrogen-bond acceptors (Lipinski definition) is 5. The molecule has 1 aromatic heterocycles. The Bertz CT molecular complexity index is 841. The molecule has 2 heterocycles. The molecule has 1 aromatic carbocycles. The van der Waals surface area contributed by atoms with E-state index in [9.17, 15) is 18.0 Å². The van der Waals surface area contributed by atoms with E-state index < -0.39 is 11.7 Å². The number of pyridine rings is 1. The molecule has 2 aromatic rings. The molecule has 1 unspecified atom stereocenters. The van der Waals surface area contributed by atoms with Crippen LogP contribution in [0.25, 0.3) is 0 Å². The van der Waals surface area contributed by atoms with Crippen LogP contribution in [0.15, 0.2) is 42.6 Å². The number of carbonyl (C=O) groups excluding carboxylic acids is 1. The maximum Gasteiger partial charge on any atom is 0.417 e. The van der Waals surface area contributed by atoms with Gasteiger partial charge in [0.05, 0.1) is 18.7 Å². The van der Waals surface area contributed by atoms with Gasteiger partial charge in [-0.1, -0.05) is 0 Å². The number of methoxy groups -OCH3 is 1. The number of ether oxygens (including phenoxy) is 1. The summed E-state index contributed by atoms with van der Waals surface area (Å²) in [5.74, 6) is 1.12. The predicted octanol–water partition coefficient (Wildman–Crippen LogP) is 3.65. The van der Waals surface area contributed by atoms with E-state index >= 15 is 0 Å². The second-order valence-corrected chi connectivity index (χ2v) is 7.17. The third-order valence-electron chi connectivity index (χ3n) is 5.21. The van der Waals surface area contributed by atoms with Crippen LogP contribution in [0.3, 0.4) is 0 Å². The van der Waals surface area contributed by atoms with Crippen molar-refractivity contribution in [3.8, 4) is 5.75 Å². The van der Waals surface area contributed by atoms with Crippen molar-refractivity contribution >= 4 is 17.4 Å². The highest BCUT2D eigenvalue weighted by atomic mass is 19.4. The molecule has 6 nitrogen and oxygen atoms in total. The first-order valence-electron chi connectivity index (χ1n) is 9.75. The van der Waals surface area contributed by atoms with Crippen molar-refractivity contribution in [1.29, 1.82) is 0 Å². The lowest BCUT2D eigenvalue weighted by molar-refractivity contribution is -0.137. The Morgan fingerprint density at radius 3 is 2.43 bits per heavy atom. The first kappa shape index (κ1) is 21.9. The van der Waals surface area contributed by atoms with Crippen LogP contribution in [-0.2, 0) is 11.0 Å². The summed E-state index contributed by atoms with van der Waals surface area (Å²) in [5, 5.41) is 2.91. The largest absolute Gasteiger partial charge is 0.497 e. The van der Waals surface area contributed by atoms with E-state index in [1.165, 1.54) is 6.07 Å². The highest BCUT2D eigenvalue weighted by molar-refractivity contribution is 5.94. The molecule has 1 aliphatic heterocycles. The van der Waals surface area contributed by atoms with Gasteiger partial charge in [0, 0.05) is 38.1 Å². The van der Waals surface area contributed by atoms with Gasteiger partial charge >= 0.3 is 6.18 Å². The maximum atomic E-state index is 12.7. The van der Waals surface area contributed by atoms with E-state index in [2.05, 4.69) is 15.2 Å². The number of anilines is 2. The van der Waals surface area contributed by atoms with Crippen LogP contribution in [0.4, 0.5) is 24.7 Å². The molecule has 1 atom stereocenters. The Hall–Kier alpha value is -2.81. The van der Waals surface area contributed by atoms with Gasteiger partial charge < -0.3 is 15.0 Å². The zero-order chi connectivity index (χ0) is 21.7. The number of hydrogen-bond donors (Lipinski definition) is 1. The predicted molar refractivity (Wildman–Crippen MR) is 109 cm³/mol. The minimum absolute atomic E-state index is 0.110. The summed E-state index contributed by atoms with van der Waals surface area (Å²) in [7, 11) is 1.58. The number of carbonyl (C=O) groups is 1. The fourth-order valence-electron chi connectivity index (χ4n) is 3.38. The summed E-state index contributed by atoms with van der Waals surface area (Å²) in [6.45, 7) is 4.43. The van der Waals surface area contributed by atoms with E-state index in [4.69, 9.17) is 4.74 Å². The fourth-order valence-corrected chi connectivity index (χ4v) is 3.38. The highest BCUT2D eigenvalue weighted by Crippen LogP contribution is 2.29. The molecule has 0 radical (unpaired) electrons. The molecule has 1 aliphatic rings. The van der Waals surface area contributed by atoms with Crippen molar-refractivity contribution in [3.63, 3.8) is 0 Å². The summed E-state index contributed by atoms with van der Waals surface area (Å²) in [4.78, 5) is 20.7. The van der Waals surface area contributed by atoms with Gasteiger partial charge in [-0.25, -0.2) is 4.98 Å². The van der Waals surface area contributed by atoms with Gasteiger partial charge in [0.1, 0.15) is 11.6 Å². The molecule has 0 aliphatic carbocycles. The number of rotatable bonds is 5. The zero-order valence-electron chi connectivity index (χ0n) is 16.9. The third-order valence-corrected chi connectivity index (χ3v) is 5.21. The molecule has 1 fully saturated rings. The van der Waals surface area contributed by atoms with Crippen molar-refractivity contribution in [2.75, 3.05) is 43.5 Å². The van der Waals surface area contributed by atoms with Gasteiger partial charge in [-0.2, -0.15) is 13.2 Å². The molecule has 1 amide bonds. The lowest BCUT2D eigenvalue weighted by Crippen LogP contribution is -2.44. The fraction of sp³-hybridized carbons (Fsp3) is 0.429. The van der Waals surface area contributed by atoms with E-state index in [-0.39, 0.29) is 11.9 Å². The molecule has 0 bridgehead atoms. The standard InChI is InChI=1S/C21H25F3N4O2/c1-15(20(29)26-17-5-7-18(30-2)8-6-17)27-10-3-11-28(13-12-27)19-9-4-16(14-25-19)21(22,23)24/h4-9,14-15H,3,10-13H2,1-2H3,(H,26,29). The van der Waals surface area contributed by atoms with Crippen LogP contribution in [0.2, 0.25) is 0 Å². The van der Waals surface area contributed by atoms with Gasteiger partial charge in [-0.3, -0.25) is 9.69 Å². The summed E-state index contributed by atoms with van der Waals surface area (Å²) < 4.78 is 43.3. The summed E-state index contributed by atoms with van der Waals surface area (Å²) >= 11 is 0. The normalized spacial score (nSPS) is 16.6. The Morgan fingerprint density at radius 1 is 1.10 bits per heavy atom. The van der Waals surface area contributed by atoms with Crippen molar-refractivity contribution < 1.29 is 22.7 Å². The average Bonchev–Trinajstić information content (AvgIpc) is 2.99. The number of nitrogens with zero attached hydrogens (tertiary/aromatic N) is 3. The molecule has 0 saturated carbocycles. The average molecular weight is 422 g/mol. The molecule has 1 saturated heterocycles. The van der Waals surface area contributed by atoms with Crippen LogP contribution in [0.5, 0.6) is 5.75 Å². The topological polar surface area (TPSA) is 57.7 Å². The van der Waals surface area contributed by atoms with Crippen LogP contribution < -0.4 is 15.0 Å². The zero-order valence-corrected chi connectivity index (χ0v) is 16.9. The first-order valence-corrected chi connectivity index (χ1v) is 9.75. The van der Waals surface area contributed by atoms with Gasteiger partial charge in [-0.15, -0.1) is 0 Å². The number of halogens is 3. The molecular formula is C21H25F3N4O2. The van der Waals surface area contributed by atoms with Crippen molar-refractivity contribution in [1.82, 2.24) is 9.88 Å². The second-order valence-electron chi connectivity index (χ2n) is 7.17. The molecule has 3 rings (SSSR count). The monoisotopic (exact) mass is 422 g/mol. The molecular weight excluding hydrogens is 397 g/mol. The molecule has 30 heavy (non-hydrogen) atoms. The number of benzene rings is 1. The van der Waals surface area contributed by atoms with Gasteiger partial charge in [0.15, 0.2) is 0 Å². The second kappa shape index (κ2) is 9.34. The maximum absolute atomic E-state index is 12.7. The summed E-state index contributed by atoms with van der Waals surface area (Å²) in [5.41, 5.74) is -0.0652. The van der Waals surface area contributed by atoms with Gasteiger partial charge in [0.25, 0.3) is 0 Å². The smallest absolute Gasteiger partial charge is 0.417 e. The van der Waals surface area contributed by atoms with Crippen molar-refractivity contribution in [2.24, 2.45) is 0 Å². The van der Waals surface area contributed by atoms with Crippen LogP contribution >= 0.6 is 0 Å². The number of nitrogens with one attached hydrogen (secondary N) is 1. The van der Waals surface area contributed by atoms with E-state index in [1.54, 1.807) is 31.4 Å². The summed E-state index contributed by atoms with van der Waals surface area (Å²) in [6, 6.07) is 9.23. The van der Waals surface area contributed by atoms with Crippen LogP contribution in [0, 0.1) is 0 Å². The molecule has 0 spiro atoms. The van der Waals surface area contributed by atoms with E-state index in [0.717, 1.165) is 18.7 Å². The quantitative estimate of drug-likeness (QED) is 0.797. The molecule has 9 heteroatoms. The van der Waals surface area contributed by atoms with Gasteiger partial charge in [-0.05, 0) is 49.7 Å². The minimum Gasteiger partial charge on any atom is -0.497 e. The lowest BCUT2D eigenvalue weighted by Gasteiger charge is -2.27. The Labute approximate surface area is 173 Å². The molecule has 1 N–H and O–H groups in total. The number of amides is 1. The third kappa shape index (κ3) is 5.41. The Kier molecular flexibility index (Phi) is 6.81. The van der Waals surface area contributed by atoms with E-state index in [1.807, 2.05) is 11.8 Å². The van der Waals surface area contributed by atoms with Crippen molar-refractivity contribution in [3.05, 3.63) is 48.2 Å². The number of aromatic nitrogens is 1. The highest BCUT2D eigenvalue weighted by Gasteiger charge is 2.31. The first-order chi connectivity index (χ1) is 14.3. The summed E-state index contributed by atoms with van der Waals surface area (Å²) in [6.07, 6.45) is -2.75. The number of alkyl halides is 3. The molecule has 162 valence electrons. The van der Waals surface area contributed by atoms with Crippen LogP contribution in [0.1, 0.15) is 18.9 Å². The van der Waals surface area contributed by atoms with Crippen LogP contribution in [-0.4, -0.2) is 55.1 Å². The Balaban J connectivity index is 1.57.